The zero-order valence-corrected chi connectivity index (χ0v) is 12.1. The lowest BCUT2D eigenvalue weighted by Gasteiger charge is -2.38. The first-order chi connectivity index (χ1) is 9.80. The van der Waals surface area contributed by atoms with E-state index in [9.17, 15) is 0 Å². The standard InChI is InChI=1S/C16H23NO3/c1-18-9-12-5-6-13-15(20-11-19-13)14(12)16(10-17)7-3-2-4-8-16/h5-6H,2-4,7-11,17H2,1H3. The minimum Gasteiger partial charge on any atom is -0.454 e. The molecule has 4 heteroatoms. The maximum atomic E-state index is 6.19. The molecule has 3 rings (SSSR count). The van der Waals surface area contributed by atoms with Gasteiger partial charge in [-0.1, -0.05) is 25.3 Å². The van der Waals surface area contributed by atoms with Gasteiger partial charge in [0.15, 0.2) is 11.5 Å². The van der Waals surface area contributed by atoms with Crippen molar-refractivity contribution in [2.75, 3.05) is 20.4 Å². The molecular formula is C16H23NO3. The number of ether oxygens (including phenoxy) is 3. The smallest absolute Gasteiger partial charge is 0.231 e. The Balaban J connectivity index is 2.11. The topological polar surface area (TPSA) is 53.7 Å². The summed E-state index contributed by atoms with van der Waals surface area (Å²) in [5.41, 5.74) is 8.63. The highest BCUT2D eigenvalue weighted by Gasteiger charge is 2.39. The van der Waals surface area contributed by atoms with E-state index in [0.717, 1.165) is 24.3 Å². The van der Waals surface area contributed by atoms with Crippen LogP contribution >= 0.6 is 0 Å². The summed E-state index contributed by atoms with van der Waals surface area (Å²) < 4.78 is 16.7. The molecule has 1 saturated carbocycles. The zero-order valence-electron chi connectivity index (χ0n) is 12.1. The number of nitrogens with two attached hydrogens (primary N) is 1. The van der Waals surface area contributed by atoms with Gasteiger partial charge in [-0.15, -0.1) is 0 Å². The molecule has 0 atom stereocenters. The van der Waals surface area contributed by atoms with Gasteiger partial charge >= 0.3 is 0 Å². The zero-order chi connectivity index (χ0) is 14.0. The summed E-state index contributed by atoms with van der Waals surface area (Å²) in [7, 11) is 1.73. The normalized spacial score (nSPS) is 20.1. The molecule has 1 aliphatic carbocycles. The fraction of sp³-hybridized carbons (Fsp3) is 0.625. The molecule has 0 amide bonds. The highest BCUT2D eigenvalue weighted by Crippen LogP contribution is 2.49. The maximum absolute atomic E-state index is 6.19. The van der Waals surface area contributed by atoms with Gasteiger partial charge in [0.2, 0.25) is 6.79 Å². The summed E-state index contributed by atoms with van der Waals surface area (Å²) in [6, 6.07) is 4.07. The Kier molecular flexibility index (Phi) is 3.85. The van der Waals surface area contributed by atoms with E-state index >= 15 is 0 Å². The molecule has 20 heavy (non-hydrogen) atoms. The number of benzene rings is 1. The Morgan fingerprint density at radius 2 is 2.00 bits per heavy atom. The van der Waals surface area contributed by atoms with Crippen molar-refractivity contribution in [3.8, 4) is 11.5 Å². The molecule has 0 spiro atoms. The van der Waals surface area contributed by atoms with Crippen LogP contribution in [0.5, 0.6) is 11.5 Å². The summed E-state index contributed by atoms with van der Waals surface area (Å²) in [6.45, 7) is 1.55. The lowest BCUT2D eigenvalue weighted by molar-refractivity contribution is 0.167. The molecule has 1 aliphatic heterocycles. The molecule has 2 aliphatic rings. The minimum absolute atomic E-state index is 0.0190. The molecule has 2 N–H and O–H groups in total. The predicted molar refractivity (Wildman–Crippen MR) is 77.1 cm³/mol. The van der Waals surface area contributed by atoms with E-state index in [0.29, 0.717) is 19.9 Å². The Morgan fingerprint density at radius 1 is 1.20 bits per heavy atom. The molecule has 0 aromatic heterocycles. The van der Waals surface area contributed by atoms with Crippen LogP contribution in [-0.4, -0.2) is 20.4 Å². The van der Waals surface area contributed by atoms with Gasteiger partial charge in [0.1, 0.15) is 0 Å². The molecule has 4 nitrogen and oxygen atoms in total. The van der Waals surface area contributed by atoms with E-state index in [2.05, 4.69) is 6.07 Å². The Hall–Kier alpha value is -1.26. The second-order valence-electron chi connectivity index (χ2n) is 5.81. The summed E-state index contributed by atoms with van der Waals surface area (Å²) in [5.74, 6) is 1.74. The largest absolute Gasteiger partial charge is 0.454 e. The number of fused-ring (bicyclic) bond motifs is 1. The molecule has 1 aromatic carbocycles. The fourth-order valence-electron chi connectivity index (χ4n) is 3.66. The molecule has 0 unspecified atom stereocenters. The second-order valence-corrected chi connectivity index (χ2v) is 5.81. The summed E-state index contributed by atoms with van der Waals surface area (Å²) in [6.07, 6.45) is 6.01. The average Bonchev–Trinajstić information content (AvgIpc) is 2.96. The Morgan fingerprint density at radius 3 is 2.70 bits per heavy atom. The van der Waals surface area contributed by atoms with E-state index in [-0.39, 0.29) is 5.41 Å². The number of methoxy groups -OCH3 is 1. The van der Waals surface area contributed by atoms with E-state index in [1.54, 1.807) is 7.11 Å². The van der Waals surface area contributed by atoms with Crippen molar-refractivity contribution < 1.29 is 14.2 Å². The van der Waals surface area contributed by atoms with Crippen molar-refractivity contribution in [1.29, 1.82) is 0 Å². The van der Waals surface area contributed by atoms with Crippen molar-refractivity contribution >= 4 is 0 Å². The highest BCUT2D eigenvalue weighted by atomic mass is 16.7. The van der Waals surface area contributed by atoms with Gasteiger partial charge in [-0.05, 0) is 24.5 Å². The SMILES string of the molecule is COCc1ccc2c(c1C1(CN)CCCCC1)OCO2. The molecule has 0 saturated heterocycles. The number of hydrogen-bond donors (Lipinski definition) is 1. The maximum Gasteiger partial charge on any atom is 0.231 e. The first kappa shape index (κ1) is 13.7. The van der Waals surface area contributed by atoms with Gasteiger partial charge in [-0.25, -0.2) is 0 Å². The van der Waals surface area contributed by atoms with Crippen molar-refractivity contribution in [3.63, 3.8) is 0 Å². The van der Waals surface area contributed by atoms with Crippen LogP contribution < -0.4 is 15.2 Å². The molecule has 0 radical (unpaired) electrons. The van der Waals surface area contributed by atoms with Gasteiger partial charge in [0.25, 0.3) is 0 Å². The van der Waals surface area contributed by atoms with Gasteiger partial charge < -0.3 is 19.9 Å². The fourth-order valence-corrected chi connectivity index (χ4v) is 3.66. The van der Waals surface area contributed by atoms with E-state index in [1.165, 1.54) is 30.4 Å². The Bertz CT molecular complexity index is 481. The Labute approximate surface area is 120 Å². The molecule has 1 fully saturated rings. The lowest BCUT2D eigenvalue weighted by atomic mass is 9.67. The van der Waals surface area contributed by atoms with Gasteiger partial charge in [-0.3, -0.25) is 0 Å². The third-order valence-corrected chi connectivity index (χ3v) is 4.66. The first-order valence-corrected chi connectivity index (χ1v) is 7.42. The van der Waals surface area contributed by atoms with Gasteiger partial charge in [0.05, 0.1) is 6.61 Å². The van der Waals surface area contributed by atoms with Crippen molar-refractivity contribution in [1.82, 2.24) is 0 Å². The van der Waals surface area contributed by atoms with Crippen molar-refractivity contribution in [2.24, 2.45) is 5.73 Å². The monoisotopic (exact) mass is 277 g/mol. The van der Waals surface area contributed by atoms with Crippen LogP contribution in [0.2, 0.25) is 0 Å². The van der Waals surface area contributed by atoms with Crippen LogP contribution in [0, 0.1) is 0 Å². The van der Waals surface area contributed by atoms with E-state index in [1.807, 2.05) is 6.07 Å². The van der Waals surface area contributed by atoms with E-state index < -0.39 is 0 Å². The third-order valence-electron chi connectivity index (χ3n) is 4.66. The van der Waals surface area contributed by atoms with Gasteiger partial charge in [0, 0.05) is 24.6 Å². The quantitative estimate of drug-likeness (QED) is 0.919. The van der Waals surface area contributed by atoms with Crippen LogP contribution in [0.15, 0.2) is 12.1 Å². The third kappa shape index (κ3) is 2.17. The highest BCUT2D eigenvalue weighted by molar-refractivity contribution is 5.56. The molecular weight excluding hydrogens is 254 g/mol. The van der Waals surface area contributed by atoms with Gasteiger partial charge in [-0.2, -0.15) is 0 Å². The average molecular weight is 277 g/mol. The number of rotatable bonds is 4. The predicted octanol–water partition coefficient (Wildman–Crippen LogP) is 2.72. The lowest BCUT2D eigenvalue weighted by Crippen LogP contribution is -2.38. The van der Waals surface area contributed by atoms with Crippen LogP contribution in [-0.2, 0) is 16.8 Å². The summed E-state index contributed by atoms with van der Waals surface area (Å²) in [5, 5.41) is 0. The minimum atomic E-state index is 0.0190. The summed E-state index contributed by atoms with van der Waals surface area (Å²) >= 11 is 0. The first-order valence-electron chi connectivity index (χ1n) is 7.42. The molecule has 110 valence electrons. The number of hydrogen-bond acceptors (Lipinski definition) is 4. The second kappa shape index (κ2) is 5.62. The van der Waals surface area contributed by atoms with E-state index in [4.69, 9.17) is 19.9 Å². The summed E-state index contributed by atoms with van der Waals surface area (Å²) in [4.78, 5) is 0. The van der Waals surface area contributed by atoms with Crippen LogP contribution in [0.1, 0.15) is 43.2 Å². The molecule has 1 aromatic rings. The molecule has 0 bridgehead atoms. The van der Waals surface area contributed by atoms with Crippen molar-refractivity contribution in [2.45, 2.75) is 44.1 Å². The van der Waals surface area contributed by atoms with Crippen LogP contribution in [0.4, 0.5) is 0 Å². The van der Waals surface area contributed by atoms with Crippen molar-refractivity contribution in [3.05, 3.63) is 23.3 Å². The molecule has 1 heterocycles. The van der Waals surface area contributed by atoms with Crippen LogP contribution in [0.3, 0.4) is 0 Å². The van der Waals surface area contributed by atoms with Crippen LogP contribution in [0.25, 0.3) is 0 Å².